The number of imidazole rings is 6. The normalized spacial score (nSPS) is 10.9. The molecule has 0 bridgehead atoms. The van der Waals surface area contributed by atoms with Gasteiger partial charge in [-0.05, 0) is 48.5 Å². The first-order chi connectivity index (χ1) is 31.8. The molecule has 0 amide bonds. The summed E-state index contributed by atoms with van der Waals surface area (Å²) in [4.78, 5) is 41.2. The Kier molecular flexibility index (Phi) is 34.7. The van der Waals surface area contributed by atoms with Gasteiger partial charge >= 0.3 is 34.1 Å². The van der Waals surface area contributed by atoms with E-state index in [0.717, 1.165) is 118 Å². The molecule has 0 saturated carbocycles. The molecule has 6 aromatic rings. The molecule has 0 saturated heterocycles. The maximum absolute atomic E-state index is 8.89. The number of halogens is 3. The molecule has 0 N–H and O–H groups in total. The third kappa shape index (κ3) is 33.0. The Morgan fingerprint density at radius 3 is 0.819 bits per heavy atom. The number of carboxylic acids is 1. The van der Waals surface area contributed by atoms with E-state index < -0.39 is 36.7 Å². The summed E-state index contributed by atoms with van der Waals surface area (Å²) in [7, 11) is -8.79. The molecule has 72 heavy (non-hydrogen) atoms. The van der Waals surface area contributed by atoms with Gasteiger partial charge in [-0.15, -0.1) is 30.7 Å². The fraction of sp³-hybridized carbons (Fsp3) is 0.500. The number of hydrogen-bond acceptors (Lipinski definition) is 22. The second-order valence-electron chi connectivity index (χ2n) is 14.5. The number of aromatic nitrogens is 12. The van der Waals surface area contributed by atoms with Crippen molar-refractivity contribution in [2.45, 2.75) is 107 Å². The van der Waals surface area contributed by atoms with E-state index in [9.17, 15) is 0 Å². The van der Waals surface area contributed by atoms with Gasteiger partial charge in [0.2, 0.25) is 0 Å². The fourth-order valence-corrected chi connectivity index (χ4v) is 6.17. The fourth-order valence-electron chi connectivity index (χ4n) is 6.17. The predicted molar refractivity (Wildman–Crippen MR) is 205 cm³/mol. The van der Waals surface area contributed by atoms with Crippen molar-refractivity contribution in [3.63, 3.8) is 0 Å². The molecule has 0 aliphatic carbocycles. The maximum atomic E-state index is 8.89. The van der Waals surface area contributed by atoms with Crippen LogP contribution < -0.4 is 61.0 Å². The first-order valence-corrected chi connectivity index (χ1v) is 23.9. The largest absolute Gasteiger partial charge is 4.00 e. The Morgan fingerprint density at radius 1 is 0.486 bits per heavy atom. The molecule has 0 atom stereocenters. The number of aryl methyl sites for hydroxylation is 9. The predicted octanol–water partition coefficient (Wildman–Crippen LogP) is -11.1. The van der Waals surface area contributed by atoms with Crippen LogP contribution in [0.15, 0.2) is 55.8 Å². The van der Waals surface area contributed by atoms with Gasteiger partial charge in [0.15, 0.2) is 0 Å². The second kappa shape index (κ2) is 34.5. The molecular weight excluding hydrogens is 1110 g/mol. The molecule has 0 aromatic carbocycles. The van der Waals surface area contributed by atoms with Gasteiger partial charge in [0.25, 0.3) is 0 Å². The molecule has 0 aliphatic heterocycles. The summed E-state index contributed by atoms with van der Waals surface area (Å²) in [5, 5.41) is 8.89. The van der Waals surface area contributed by atoms with Crippen LogP contribution >= 0.6 is 0 Å². The van der Waals surface area contributed by atoms with Crippen molar-refractivity contribution < 1.29 is 136 Å². The van der Waals surface area contributed by atoms with Gasteiger partial charge in [0.05, 0.1) is 56.4 Å². The van der Waals surface area contributed by atoms with Crippen LogP contribution in [0.25, 0.3) is 0 Å². The van der Waals surface area contributed by atoms with Crippen molar-refractivity contribution in [3.05, 3.63) is 108 Å². The van der Waals surface area contributed by atoms with Gasteiger partial charge in [0, 0.05) is 103 Å². The summed E-state index contributed by atoms with van der Waals surface area (Å²) in [5.74, 6) is 5.29. The molecule has 6 heterocycles. The van der Waals surface area contributed by atoms with Gasteiger partial charge in [-0.1, -0.05) is 0 Å². The maximum Gasteiger partial charge on any atom is 4.00 e. The number of nitrogens with zero attached hydrogens (tertiary/aromatic N) is 14. The third-order valence-corrected chi connectivity index (χ3v) is 8.91. The number of rotatable bonds is 15. The molecular formula is C38H57Cl3Fe2N14O15+. The average Bonchev–Trinajstić information content (AvgIpc) is 4.06. The Bertz CT molecular complexity index is 2130. The zero-order valence-corrected chi connectivity index (χ0v) is 45.3. The van der Waals surface area contributed by atoms with E-state index in [2.05, 4.69) is 98.6 Å². The summed E-state index contributed by atoms with van der Waals surface area (Å²) < 4.78 is 115. The molecule has 6 rings (SSSR count). The van der Waals surface area contributed by atoms with E-state index in [1.807, 2.05) is 72.0 Å². The van der Waals surface area contributed by atoms with Crippen LogP contribution in [0.3, 0.4) is 0 Å². The van der Waals surface area contributed by atoms with E-state index >= 15 is 0 Å². The summed E-state index contributed by atoms with van der Waals surface area (Å²) >= 11 is 0. The molecule has 34 heteroatoms. The van der Waals surface area contributed by atoms with Crippen LogP contribution in [0, 0.1) is 51.5 Å². The van der Waals surface area contributed by atoms with E-state index in [0.29, 0.717) is 0 Å². The number of carbonyl (C=O) groups is 1. The minimum Gasteiger partial charge on any atom is -2.00 e. The molecule has 1 radical (unpaired) electrons. The topological polar surface area (TPSA) is 459 Å². The SMILES string of the molecule is CC(=O)[O-].CCn1cc(C)nc1CN(Cc1nc(C)cn1CC)Cc1nc(C)cn1CC.Cn1ccnc1CN(Cc1nccn1C)Cc1nccn1C.[Fe+3].[Fe+4].[O-2].[O-][Cl+3]([O-])([O-])[O-].[O-][Cl+3]([O-])([O-])[O-].[O-][Cl+3]([O-])([O-])[O-]. The van der Waals surface area contributed by atoms with E-state index in [1.165, 1.54) is 0 Å². The van der Waals surface area contributed by atoms with Crippen LogP contribution in [0.5, 0.6) is 0 Å². The Morgan fingerprint density at radius 2 is 0.667 bits per heavy atom. The Balaban J connectivity index is -0.000000956. The zero-order chi connectivity index (χ0) is 52.9. The van der Waals surface area contributed by atoms with Gasteiger partial charge in [0.1, 0.15) is 34.9 Å². The van der Waals surface area contributed by atoms with Crippen molar-refractivity contribution in [2.24, 2.45) is 21.1 Å². The van der Waals surface area contributed by atoms with Gasteiger partial charge < -0.3 is 42.8 Å². The van der Waals surface area contributed by atoms with Crippen LogP contribution in [0.1, 0.15) is 79.7 Å². The first-order valence-electron chi connectivity index (χ1n) is 20.2. The average molecular weight is 1170 g/mol. The minimum absolute atomic E-state index is 0. The van der Waals surface area contributed by atoms with Crippen molar-refractivity contribution in [3.8, 4) is 0 Å². The number of hydrogen-bond donors (Lipinski definition) is 0. The number of aliphatic carboxylic acids is 1. The Labute approximate surface area is 443 Å². The van der Waals surface area contributed by atoms with Crippen LogP contribution in [0.2, 0.25) is 0 Å². The van der Waals surface area contributed by atoms with Gasteiger partial charge in [-0.2, -0.15) is 0 Å². The van der Waals surface area contributed by atoms with Crippen LogP contribution in [0.4, 0.5) is 0 Å². The summed E-state index contributed by atoms with van der Waals surface area (Å²) in [6, 6.07) is 0. The van der Waals surface area contributed by atoms with E-state index in [1.54, 1.807) is 0 Å². The summed E-state index contributed by atoms with van der Waals surface area (Å²) in [6.45, 7) is 21.0. The summed E-state index contributed by atoms with van der Waals surface area (Å²) in [6.07, 6.45) is 17.8. The van der Waals surface area contributed by atoms with Crippen molar-refractivity contribution in [1.29, 1.82) is 0 Å². The monoisotopic (exact) mass is 1170 g/mol. The molecule has 405 valence electrons. The number of carboxylic acid groups (broad SMARTS) is 1. The molecule has 0 spiro atoms. The van der Waals surface area contributed by atoms with E-state index in [4.69, 9.17) is 80.8 Å². The summed E-state index contributed by atoms with van der Waals surface area (Å²) in [5.41, 5.74) is 3.19. The molecule has 29 nitrogen and oxygen atoms in total. The van der Waals surface area contributed by atoms with Gasteiger partial charge in [-0.3, -0.25) is 9.80 Å². The smallest absolute Gasteiger partial charge is 2.00 e. The second-order valence-corrected chi connectivity index (χ2v) is 16.8. The van der Waals surface area contributed by atoms with Crippen LogP contribution in [-0.2, 0) is 124 Å². The third-order valence-electron chi connectivity index (χ3n) is 8.91. The zero-order valence-electron chi connectivity index (χ0n) is 40.8. The van der Waals surface area contributed by atoms with E-state index in [-0.39, 0.29) is 39.6 Å². The quantitative estimate of drug-likeness (QED) is 0.0862. The van der Waals surface area contributed by atoms with Crippen molar-refractivity contribution in [2.75, 3.05) is 0 Å². The van der Waals surface area contributed by atoms with Crippen molar-refractivity contribution >= 4 is 5.97 Å². The molecule has 0 aliphatic rings. The first kappa shape index (κ1) is 72.3. The standard InChI is InChI=1S/C21H33N7.C15H21N7.C2H4O2.3ClHO4.2Fe.O/c1-7-26-10-16(4)22-19(26)13-25(14-20-23-17(5)11-27(20)8-2)15-21-24-18(6)12-28(21)9-3;1-19-7-4-16-13(19)10-22(11-14-17-5-8-20(14)2)12-15-18-6-9-21(15)3;1-2(3)4;3*2-1(3,4)5;;;/h10-12H,7-9,13-15H2,1-6H3;4-9H,10-12H2,1-3H3;1H3,(H,3,4);3*(H,2,3,4,5);;;/q;;;;;;+3;+4;-2/p-4. The molecule has 0 fully saturated rings. The Hall–Kier alpha value is -3.96. The number of carbonyl (C=O) groups excluding carboxylic acids is 1. The van der Waals surface area contributed by atoms with Crippen LogP contribution in [-0.4, -0.2) is 73.1 Å². The van der Waals surface area contributed by atoms with Crippen molar-refractivity contribution in [1.82, 2.24) is 67.1 Å². The van der Waals surface area contributed by atoms with Gasteiger partial charge in [-0.25, -0.2) is 85.8 Å². The minimum atomic E-state index is -4.94. The molecule has 0 unspecified atom stereocenters. The molecule has 6 aromatic heterocycles.